The molecule has 0 radical (unpaired) electrons. The van der Waals surface area contributed by atoms with E-state index in [0.29, 0.717) is 11.3 Å². The van der Waals surface area contributed by atoms with Gasteiger partial charge in [-0.3, -0.25) is 4.79 Å². The fourth-order valence-corrected chi connectivity index (χ4v) is 2.57. The predicted octanol–water partition coefficient (Wildman–Crippen LogP) is 3.69. The largest absolute Gasteiger partial charge is 0.508 e. The minimum absolute atomic E-state index is 0.0208. The lowest BCUT2D eigenvalue weighted by molar-refractivity contribution is -0.123. The number of aromatic hydroxyl groups is 2. The highest BCUT2D eigenvalue weighted by atomic mass is 79.9. The molecule has 2 aromatic carbocycles. The van der Waals surface area contributed by atoms with Crippen LogP contribution in [0.3, 0.4) is 0 Å². The van der Waals surface area contributed by atoms with E-state index in [4.69, 9.17) is 4.74 Å². The molecule has 0 spiro atoms. The van der Waals surface area contributed by atoms with E-state index < -0.39 is 5.91 Å². The van der Waals surface area contributed by atoms with E-state index in [-0.39, 0.29) is 23.5 Å². The zero-order valence-corrected chi connectivity index (χ0v) is 16.4. The van der Waals surface area contributed by atoms with Gasteiger partial charge < -0.3 is 14.9 Å². The number of benzene rings is 2. The van der Waals surface area contributed by atoms with Gasteiger partial charge in [-0.1, -0.05) is 26.8 Å². The zero-order chi connectivity index (χ0) is 19.3. The fourth-order valence-electron chi connectivity index (χ4n) is 2.08. The highest BCUT2D eigenvalue weighted by Crippen LogP contribution is 2.31. The van der Waals surface area contributed by atoms with E-state index in [1.54, 1.807) is 0 Å². The maximum Gasteiger partial charge on any atom is 0.277 e. The van der Waals surface area contributed by atoms with Crippen molar-refractivity contribution < 1.29 is 19.7 Å². The Labute approximate surface area is 160 Å². The van der Waals surface area contributed by atoms with E-state index in [0.717, 1.165) is 10.0 Å². The van der Waals surface area contributed by atoms with Crippen LogP contribution in [0.25, 0.3) is 0 Å². The summed E-state index contributed by atoms with van der Waals surface area (Å²) in [5, 5.41) is 22.6. The van der Waals surface area contributed by atoms with E-state index in [1.165, 1.54) is 24.4 Å². The van der Waals surface area contributed by atoms with Crippen molar-refractivity contribution in [3.05, 3.63) is 52.0 Å². The number of hydrogen-bond acceptors (Lipinski definition) is 5. The zero-order valence-electron chi connectivity index (χ0n) is 14.8. The van der Waals surface area contributed by atoms with Gasteiger partial charge in [0.2, 0.25) is 0 Å². The Balaban J connectivity index is 1.90. The maximum absolute atomic E-state index is 11.8. The van der Waals surface area contributed by atoms with Crippen LogP contribution in [0.2, 0.25) is 0 Å². The molecule has 138 valence electrons. The molecule has 0 aliphatic rings. The molecule has 0 fully saturated rings. The Kier molecular flexibility index (Phi) is 6.26. The Bertz CT molecular complexity index is 829. The molecule has 2 aromatic rings. The SMILES string of the molecule is CC(C)(C)c1ccc(OCC(=O)N/N=C\c2ccc(O)cc2O)c(Br)c1. The van der Waals surface area contributed by atoms with Crippen LogP contribution >= 0.6 is 15.9 Å². The molecule has 26 heavy (non-hydrogen) atoms. The molecule has 0 unspecified atom stereocenters. The molecule has 1 amide bonds. The van der Waals surface area contributed by atoms with Gasteiger partial charge in [0.25, 0.3) is 5.91 Å². The average molecular weight is 421 g/mol. The summed E-state index contributed by atoms with van der Waals surface area (Å²) in [5.41, 5.74) is 3.85. The van der Waals surface area contributed by atoms with Crippen molar-refractivity contribution in [3.8, 4) is 17.2 Å². The van der Waals surface area contributed by atoms with Crippen LogP contribution in [0.15, 0.2) is 46.0 Å². The number of carbonyl (C=O) groups excluding carboxylic acids is 1. The van der Waals surface area contributed by atoms with Crippen LogP contribution in [0.1, 0.15) is 31.9 Å². The lowest BCUT2D eigenvalue weighted by atomic mass is 9.87. The molecule has 6 nitrogen and oxygen atoms in total. The monoisotopic (exact) mass is 420 g/mol. The number of hydrazone groups is 1. The number of amides is 1. The quantitative estimate of drug-likeness (QED) is 0.508. The summed E-state index contributed by atoms with van der Waals surface area (Å²) in [6, 6.07) is 9.82. The molecule has 0 bridgehead atoms. The molecule has 0 heterocycles. The Hall–Kier alpha value is -2.54. The number of phenolic OH excluding ortho intramolecular Hbond substituents is 2. The van der Waals surface area contributed by atoms with Crippen molar-refractivity contribution in [2.24, 2.45) is 5.10 Å². The molecule has 2 rings (SSSR count). The standard InChI is InChI=1S/C19H21BrN2O4/c1-19(2,3)13-5-7-17(15(20)8-13)26-11-18(25)22-21-10-12-4-6-14(23)9-16(12)24/h4-10,23-24H,11H2,1-3H3,(H,22,25)/b21-10-. The lowest BCUT2D eigenvalue weighted by Gasteiger charge is -2.20. The summed E-state index contributed by atoms with van der Waals surface area (Å²) in [7, 11) is 0. The van der Waals surface area contributed by atoms with Crippen LogP contribution in [0, 0.1) is 0 Å². The number of rotatable bonds is 5. The van der Waals surface area contributed by atoms with Gasteiger partial charge in [-0.05, 0) is 51.2 Å². The molecule has 0 saturated carbocycles. The van der Waals surface area contributed by atoms with Crippen molar-refractivity contribution in [2.45, 2.75) is 26.2 Å². The minimum Gasteiger partial charge on any atom is -0.508 e. The van der Waals surface area contributed by atoms with E-state index in [2.05, 4.69) is 47.2 Å². The fraction of sp³-hybridized carbons (Fsp3) is 0.263. The number of halogens is 1. The van der Waals surface area contributed by atoms with Gasteiger partial charge in [-0.15, -0.1) is 0 Å². The van der Waals surface area contributed by atoms with Crippen molar-refractivity contribution in [3.63, 3.8) is 0 Å². The first-order chi connectivity index (χ1) is 12.2. The normalized spacial score (nSPS) is 11.5. The minimum atomic E-state index is -0.439. The van der Waals surface area contributed by atoms with Gasteiger partial charge in [0.15, 0.2) is 6.61 Å². The van der Waals surface area contributed by atoms with Crippen LogP contribution in [-0.2, 0) is 10.2 Å². The van der Waals surface area contributed by atoms with Crippen molar-refractivity contribution in [1.29, 1.82) is 0 Å². The third kappa shape index (κ3) is 5.49. The maximum atomic E-state index is 11.8. The highest BCUT2D eigenvalue weighted by Gasteiger charge is 2.15. The Morgan fingerprint density at radius 3 is 2.58 bits per heavy atom. The van der Waals surface area contributed by atoms with E-state index in [9.17, 15) is 15.0 Å². The first-order valence-corrected chi connectivity index (χ1v) is 8.73. The van der Waals surface area contributed by atoms with Gasteiger partial charge in [0.1, 0.15) is 17.2 Å². The molecule has 7 heteroatoms. The molecule has 3 N–H and O–H groups in total. The number of carbonyl (C=O) groups is 1. The topological polar surface area (TPSA) is 91.2 Å². The summed E-state index contributed by atoms with van der Waals surface area (Å²) in [5.74, 6) is -0.0677. The van der Waals surface area contributed by atoms with Crippen molar-refractivity contribution in [1.82, 2.24) is 5.43 Å². The van der Waals surface area contributed by atoms with Gasteiger partial charge in [-0.25, -0.2) is 5.43 Å². The third-order valence-electron chi connectivity index (χ3n) is 3.56. The summed E-state index contributed by atoms with van der Waals surface area (Å²) < 4.78 is 6.27. The third-order valence-corrected chi connectivity index (χ3v) is 4.18. The molecule has 0 aromatic heterocycles. The van der Waals surface area contributed by atoms with Crippen LogP contribution < -0.4 is 10.2 Å². The molecular weight excluding hydrogens is 400 g/mol. The van der Waals surface area contributed by atoms with Crippen molar-refractivity contribution >= 4 is 28.1 Å². The van der Waals surface area contributed by atoms with Crippen molar-refractivity contribution in [2.75, 3.05) is 6.61 Å². The predicted molar refractivity (Wildman–Crippen MR) is 104 cm³/mol. The lowest BCUT2D eigenvalue weighted by Crippen LogP contribution is -2.24. The molecule has 0 saturated heterocycles. The smallest absolute Gasteiger partial charge is 0.277 e. The van der Waals surface area contributed by atoms with Gasteiger partial charge in [0.05, 0.1) is 10.7 Å². The van der Waals surface area contributed by atoms with Crippen LogP contribution in [-0.4, -0.2) is 28.9 Å². The summed E-state index contributed by atoms with van der Waals surface area (Å²) in [6.45, 7) is 6.15. The first-order valence-electron chi connectivity index (χ1n) is 7.93. The van der Waals surface area contributed by atoms with Gasteiger partial charge in [-0.2, -0.15) is 5.10 Å². The Morgan fingerprint density at radius 2 is 1.96 bits per heavy atom. The highest BCUT2D eigenvalue weighted by molar-refractivity contribution is 9.10. The summed E-state index contributed by atoms with van der Waals surface area (Å²) >= 11 is 3.45. The summed E-state index contributed by atoms with van der Waals surface area (Å²) in [6.07, 6.45) is 1.28. The Morgan fingerprint density at radius 1 is 1.23 bits per heavy atom. The van der Waals surface area contributed by atoms with Crippen LogP contribution in [0.5, 0.6) is 17.2 Å². The number of hydrogen-bond donors (Lipinski definition) is 3. The molecule has 0 atom stereocenters. The van der Waals surface area contributed by atoms with E-state index >= 15 is 0 Å². The molecule has 0 aliphatic heterocycles. The van der Waals surface area contributed by atoms with Gasteiger partial charge in [0, 0.05) is 11.6 Å². The second kappa shape index (κ2) is 8.23. The number of phenols is 2. The number of nitrogens with zero attached hydrogens (tertiary/aromatic N) is 1. The number of nitrogens with one attached hydrogen (secondary N) is 1. The second-order valence-corrected chi connectivity index (χ2v) is 7.57. The van der Waals surface area contributed by atoms with Crippen LogP contribution in [0.4, 0.5) is 0 Å². The number of ether oxygens (including phenoxy) is 1. The second-order valence-electron chi connectivity index (χ2n) is 6.72. The average Bonchev–Trinajstić information content (AvgIpc) is 2.55. The summed E-state index contributed by atoms with van der Waals surface area (Å²) in [4.78, 5) is 11.8. The first kappa shape index (κ1) is 19.8. The molecular formula is C19H21BrN2O4. The molecule has 0 aliphatic carbocycles. The van der Waals surface area contributed by atoms with Gasteiger partial charge >= 0.3 is 0 Å². The van der Waals surface area contributed by atoms with E-state index in [1.807, 2.05) is 18.2 Å².